The first kappa shape index (κ1) is 13.6. The van der Waals surface area contributed by atoms with Crippen molar-refractivity contribution in [2.24, 2.45) is 5.73 Å². The molecule has 1 rings (SSSR count). The maximum absolute atomic E-state index is 5.94. The predicted octanol–water partition coefficient (Wildman–Crippen LogP) is 2.80. The summed E-state index contributed by atoms with van der Waals surface area (Å²) in [5, 5.41) is 3.44. The molecule has 0 bridgehead atoms. The Morgan fingerprint density at radius 2 is 1.88 bits per heavy atom. The second-order valence-electron chi connectivity index (χ2n) is 4.86. The van der Waals surface area contributed by atoms with Crippen LogP contribution in [0.2, 0.25) is 0 Å². The Labute approximate surface area is 103 Å². The zero-order chi connectivity index (χ0) is 12.2. The number of rotatable bonds is 5. The fourth-order valence-electron chi connectivity index (χ4n) is 1.43. The molecule has 3 N–H and O–H groups in total. The minimum Gasteiger partial charge on any atom is -0.324 e. The standard InChI is InChI=1S/C13H22N2S/c1-10(15-9-13(2,3)14)11-5-7-12(16-4)8-6-11/h5-8,10,15H,9,14H2,1-4H3. The first-order chi connectivity index (χ1) is 7.42. The largest absolute Gasteiger partial charge is 0.324 e. The molecule has 0 radical (unpaired) electrons. The van der Waals surface area contributed by atoms with Crippen molar-refractivity contribution in [3.8, 4) is 0 Å². The first-order valence-electron chi connectivity index (χ1n) is 5.58. The van der Waals surface area contributed by atoms with Crippen LogP contribution >= 0.6 is 11.8 Å². The van der Waals surface area contributed by atoms with Crippen molar-refractivity contribution in [3.05, 3.63) is 29.8 Å². The molecule has 0 aromatic heterocycles. The molecular formula is C13H22N2S. The van der Waals surface area contributed by atoms with Crippen molar-refractivity contribution in [2.45, 2.75) is 37.2 Å². The van der Waals surface area contributed by atoms with Crippen molar-refractivity contribution in [2.75, 3.05) is 12.8 Å². The summed E-state index contributed by atoms with van der Waals surface area (Å²) in [5.74, 6) is 0. The van der Waals surface area contributed by atoms with Crippen LogP contribution in [0.5, 0.6) is 0 Å². The van der Waals surface area contributed by atoms with Gasteiger partial charge in [-0.2, -0.15) is 0 Å². The maximum Gasteiger partial charge on any atom is 0.0292 e. The fourth-order valence-corrected chi connectivity index (χ4v) is 1.83. The molecule has 0 saturated carbocycles. The molecule has 1 aromatic rings. The molecule has 0 aliphatic heterocycles. The summed E-state index contributed by atoms with van der Waals surface area (Å²) in [6, 6.07) is 9.01. The van der Waals surface area contributed by atoms with E-state index in [2.05, 4.69) is 42.8 Å². The minimum absolute atomic E-state index is 0.159. The van der Waals surface area contributed by atoms with Gasteiger partial charge in [-0.3, -0.25) is 0 Å². The van der Waals surface area contributed by atoms with Crippen LogP contribution < -0.4 is 11.1 Å². The summed E-state index contributed by atoms with van der Waals surface area (Å²) in [7, 11) is 0. The van der Waals surface area contributed by atoms with Gasteiger partial charge in [-0.1, -0.05) is 12.1 Å². The van der Waals surface area contributed by atoms with E-state index in [4.69, 9.17) is 5.73 Å². The van der Waals surface area contributed by atoms with Gasteiger partial charge in [-0.05, 0) is 44.7 Å². The lowest BCUT2D eigenvalue weighted by Gasteiger charge is -2.23. The Kier molecular flexibility index (Phi) is 4.84. The minimum atomic E-state index is -0.159. The van der Waals surface area contributed by atoms with Gasteiger partial charge < -0.3 is 11.1 Å². The molecule has 3 heteroatoms. The zero-order valence-corrected chi connectivity index (χ0v) is 11.4. The maximum atomic E-state index is 5.94. The van der Waals surface area contributed by atoms with Crippen LogP contribution in [0.4, 0.5) is 0 Å². The molecule has 0 heterocycles. The van der Waals surface area contributed by atoms with Crippen LogP contribution in [0.3, 0.4) is 0 Å². The lowest BCUT2D eigenvalue weighted by atomic mass is 10.0. The number of hydrogen-bond acceptors (Lipinski definition) is 3. The molecule has 0 amide bonds. The molecule has 2 nitrogen and oxygen atoms in total. The summed E-state index contributed by atoms with van der Waals surface area (Å²) in [5.41, 5.74) is 7.09. The van der Waals surface area contributed by atoms with Gasteiger partial charge in [-0.25, -0.2) is 0 Å². The first-order valence-corrected chi connectivity index (χ1v) is 6.81. The molecule has 16 heavy (non-hydrogen) atoms. The van der Waals surface area contributed by atoms with Crippen LogP contribution in [-0.4, -0.2) is 18.3 Å². The van der Waals surface area contributed by atoms with Crippen LogP contribution in [0.1, 0.15) is 32.4 Å². The zero-order valence-electron chi connectivity index (χ0n) is 10.6. The molecule has 0 aliphatic rings. The monoisotopic (exact) mass is 238 g/mol. The Morgan fingerprint density at radius 1 is 1.31 bits per heavy atom. The van der Waals surface area contributed by atoms with E-state index in [-0.39, 0.29) is 5.54 Å². The van der Waals surface area contributed by atoms with Crippen LogP contribution in [0.25, 0.3) is 0 Å². The third-order valence-corrected chi connectivity index (χ3v) is 3.22. The highest BCUT2D eigenvalue weighted by atomic mass is 32.2. The Balaban J connectivity index is 2.56. The van der Waals surface area contributed by atoms with Gasteiger partial charge >= 0.3 is 0 Å². The van der Waals surface area contributed by atoms with Crippen LogP contribution in [0.15, 0.2) is 29.2 Å². The molecule has 1 unspecified atom stereocenters. The quantitative estimate of drug-likeness (QED) is 0.775. The van der Waals surface area contributed by atoms with Crippen molar-refractivity contribution < 1.29 is 0 Å². The van der Waals surface area contributed by atoms with E-state index >= 15 is 0 Å². The van der Waals surface area contributed by atoms with E-state index in [1.807, 2.05) is 13.8 Å². The number of nitrogens with one attached hydrogen (secondary N) is 1. The van der Waals surface area contributed by atoms with Gasteiger partial charge in [0.05, 0.1) is 0 Å². The van der Waals surface area contributed by atoms with Crippen LogP contribution in [0, 0.1) is 0 Å². The van der Waals surface area contributed by atoms with E-state index in [9.17, 15) is 0 Å². The Hall–Kier alpha value is -0.510. The summed E-state index contributed by atoms with van der Waals surface area (Å²) in [6.07, 6.45) is 2.09. The van der Waals surface area contributed by atoms with E-state index in [0.717, 1.165) is 6.54 Å². The predicted molar refractivity (Wildman–Crippen MR) is 72.9 cm³/mol. The highest BCUT2D eigenvalue weighted by molar-refractivity contribution is 7.98. The van der Waals surface area contributed by atoms with E-state index < -0.39 is 0 Å². The molecule has 90 valence electrons. The third kappa shape index (κ3) is 4.56. The highest BCUT2D eigenvalue weighted by Gasteiger charge is 2.12. The van der Waals surface area contributed by atoms with Crippen molar-refractivity contribution in [1.82, 2.24) is 5.32 Å². The second-order valence-corrected chi connectivity index (χ2v) is 5.74. The van der Waals surface area contributed by atoms with Gasteiger partial charge in [0.2, 0.25) is 0 Å². The SMILES string of the molecule is CSc1ccc(C(C)NCC(C)(C)N)cc1. The lowest BCUT2D eigenvalue weighted by Crippen LogP contribution is -2.43. The molecule has 1 aromatic carbocycles. The number of nitrogens with two attached hydrogens (primary N) is 1. The van der Waals surface area contributed by atoms with E-state index in [1.54, 1.807) is 11.8 Å². The topological polar surface area (TPSA) is 38.0 Å². The summed E-state index contributed by atoms with van der Waals surface area (Å²) in [4.78, 5) is 1.30. The smallest absolute Gasteiger partial charge is 0.0292 e. The Bertz CT molecular complexity index is 314. The third-order valence-electron chi connectivity index (χ3n) is 2.48. The number of thioether (sulfide) groups is 1. The van der Waals surface area contributed by atoms with Crippen LogP contribution in [-0.2, 0) is 0 Å². The molecule has 0 saturated heterocycles. The van der Waals surface area contributed by atoms with Crippen molar-refractivity contribution in [3.63, 3.8) is 0 Å². The molecule has 0 fully saturated rings. The van der Waals surface area contributed by atoms with Crippen molar-refractivity contribution >= 4 is 11.8 Å². The number of benzene rings is 1. The van der Waals surface area contributed by atoms with Gasteiger partial charge in [0, 0.05) is 23.0 Å². The summed E-state index contributed by atoms with van der Waals surface area (Å²) in [6.45, 7) is 7.05. The molecule has 1 atom stereocenters. The average Bonchev–Trinajstić information content (AvgIpc) is 2.25. The normalized spacial score (nSPS) is 13.8. The molecular weight excluding hydrogens is 216 g/mol. The van der Waals surface area contributed by atoms with Gasteiger partial charge in [-0.15, -0.1) is 11.8 Å². The van der Waals surface area contributed by atoms with Gasteiger partial charge in [0.25, 0.3) is 0 Å². The van der Waals surface area contributed by atoms with Gasteiger partial charge in [0.1, 0.15) is 0 Å². The average molecular weight is 238 g/mol. The second kappa shape index (κ2) is 5.71. The molecule has 0 aliphatic carbocycles. The highest BCUT2D eigenvalue weighted by Crippen LogP contribution is 2.18. The van der Waals surface area contributed by atoms with Crippen molar-refractivity contribution in [1.29, 1.82) is 0 Å². The lowest BCUT2D eigenvalue weighted by molar-refractivity contribution is 0.434. The summed E-state index contributed by atoms with van der Waals surface area (Å²) < 4.78 is 0. The van der Waals surface area contributed by atoms with E-state index in [0.29, 0.717) is 6.04 Å². The van der Waals surface area contributed by atoms with Gasteiger partial charge in [0.15, 0.2) is 0 Å². The number of hydrogen-bond donors (Lipinski definition) is 2. The molecule has 0 spiro atoms. The fraction of sp³-hybridized carbons (Fsp3) is 0.538. The van der Waals surface area contributed by atoms with E-state index in [1.165, 1.54) is 10.5 Å². The Morgan fingerprint density at radius 3 is 2.31 bits per heavy atom. The summed E-state index contributed by atoms with van der Waals surface area (Å²) >= 11 is 1.77.